The molecule has 2 rings (SSSR count). The Balaban J connectivity index is 1.97. The fourth-order valence-electron chi connectivity index (χ4n) is 1.69. The Morgan fingerprint density at radius 3 is 2.65 bits per heavy atom. The van der Waals surface area contributed by atoms with Crippen LogP contribution in [0.5, 0.6) is 0 Å². The van der Waals surface area contributed by atoms with E-state index in [9.17, 15) is 0 Å². The molecule has 0 radical (unpaired) electrons. The molecule has 17 heavy (non-hydrogen) atoms. The monoisotopic (exact) mass is 247 g/mol. The van der Waals surface area contributed by atoms with Crippen LogP contribution in [-0.4, -0.2) is 15.5 Å². The molecule has 1 unspecified atom stereocenters. The molecule has 1 heterocycles. The van der Waals surface area contributed by atoms with E-state index in [4.69, 9.17) is 5.73 Å². The van der Waals surface area contributed by atoms with Gasteiger partial charge in [-0.25, -0.2) is 0 Å². The summed E-state index contributed by atoms with van der Waals surface area (Å²) in [5, 5.41) is 5.48. The van der Waals surface area contributed by atoms with Gasteiger partial charge in [0.1, 0.15) is 0 Å². The Kier molecular flexibility index (Phi) is 3.86. The van der Waals surface area contributed by atoms with Crippen LogP contribution in [0, 0.1) is 6.92 Å². The summed E-state index contributed by atoms with van der Waals surface area (Å²) in [7, 11) is 1.96. The highest BCUT2D eigenvalue weighted by Gasteiger charge is 2.08. The van der Waals surface area contributed by atoms with Crippen molar-refractivity contribution in [2.45, 2.75) is 18.0 Å². The maximum atomic E-state index is 6.15. The SMILES string of the molecule is Cc1cc(SCC(N)c2ccccc2)n(C)n1. The quantitative estimate of drug-likeness (QED) is 0.844. The Morgan fingerprint density at radius 2 is 2.06 bits per heavy atom. The minimum Gasteiger partial charge on any atom is -0.323 e. The van der Waals surface area contributed by atoms with Crippen molar-refractivity contribution in [1.29, 1.82) is 0 Å². The number of benzene rings is 1. The second-order valence-electron chi connectivity index (χ2n) is 4.08. The van der Waals surface area contributed by atoms with E-state index in [-0.39, 0.29) is 6.04 Å². The third kappa shape index (κ3) is 3.11. The lowest BCUT2D eigenvalue weighted by Crippen LogP contribution is -2.13. The molecule has 1 atom stereocenters. The molecule has 0 amide bonds. The van der Waals surface area contributed by atoms with Crippen LogP contribution in [0.4, 0.5) is 0 Å². The summed E-state index contributed by atoms with van der Waals surface area (Å²) >= 11 is 1.75. The van der Waals surface area contributed by atoms with Crippen molar-refractivity contribution in [2.24, 2.45) is 12.8 Å². The lowest BCUT2D eigenvalue weighted by atomic mass is 10.1. The Hall–Kier alpha value is -1.26. The summed E-state index contributed by atoms with van der Waals surface area (Å²) in [6.45, 7) is 2.00. The van der Waals surface area contributed by atoms with Gasteiger partial charge in [-0.1, -0.05) is 30.3 Å². The van der Waals surface area contributed by atoms with Crippen LogP contribution in [0.25, 0.3) is 0 Å². The zero-order valence-electron chi connectivity index (χ0n) is 10.1. The lowest BCUT2D eigenvalue weighted by molar-refractivity contribution is 0.691. The first kappa shape index (κ1) is 12.2. The van der Waals surface area contributed by atoms with Crippen molar-refractivity contribution < 1.29 is 0 Å². The molecule has 0 aliphatic rings. The molecule has 0 aliphatic heterocycles. The molecule has 2 aromatic rings. The van der Waals surface area contributed by atoms with Crippen LogP contribution in [0.15, 0.2) is 41.4 Å². The molecule has 90 valence electrons. The van der Waals surface area contributed by atoms with E-state index in [1.54, 1.807) is 11.8 Å². The number of aryl methyl sites for hydroxylation is 2. The third-order valence-corrected chi connectivity index (χ3v) is 3.80. The minimum absolute atomic E-state index is 0.0661. The molecular weight excluding hydrogens is 230 g/mol. The number of thioether (sulfide) groups is 1. The molecule has 3 nitrogen and oxygen atoms in total. The number of aromatic nitrogens is 2. The van der Waals surface area contributed by atoms with Gasteiger partial charge in [0, 0.05) is 18.8 Å². The number of nitrogens with two attached hydrogens (primary N) is 1. The zero-order chi connectivity index (χ0) is 12.3. The third-order valence-electron chi connectivity index (χ3n) is 2.60. The Labute approximate surface area is 106 Å². The van der Waals surface area contributed by atoms with Gasteiger partial charge in [-0.05, 0) is 18.6 Å². The van der Waals surface area contributed by atoms with Crippen LogP contribution >= 0.6 is 11.8 Å². The van der Waals surface area contributed by atoms with E-state index < -0.39 is 0 Å². The summed E-state index contributed by atoms with van der Waals surface area (Å²) in [6, 6.07) is 12.3. The molecule has 1 aromatic heterocycles. The highest BCUT2D eigenvalue weighted by Crippen LogP contribution is 2.23. The molecule has 0 bridgehead atoms. The van der Waals surface area contributed by atoms with Gasteiger partial charge in [0.2, 0.25) is 0 Å². The number of nitrogens with zero attached hydrogens (tertiary/aromatic N) is 2. The second kappa shape index (κ2) is 5.38. The summed E-state index contributed by atoms with van der Waals surface area (Å²) in [5.74, 6) is 0.864. The van der Waals surface area contributed by atoms with Gasteiger partial charge in [-0.3, -0.25) is 4.68 Å². The first-order chi connectivity index (χ1) is 8.16. The molecule has 1 aromatic carbocycles. The van der Waals surface area contributed by atoms with Crippen molar-refractivity contribution in [3.05, 3.63) is 47.7 Å². The van der Waals surface area contributed by atoms with Gasteiger partial charge >= 0.3 is 0 Å². The van der Waals surface area contributed by atoms with Crippen LogP contribution in [-0.2, 0) is 7.05 Å². The van der Waals surface area contributed by atoms with Crippen LogP contribution in [0.1, 0.15) is 17.3 Å². The number of hydrogen-bond donors (Lipinski definition) is 1. The smallest absolute Gasteiger partial charge is 0.0939 e. The molecule has 0 fully saturated rings. The number of rotatable bonds is 4. The van der Waals surface area contributed by atoms with E-state index in [0.29, 0.717) is 0 Å². The van der Waals surface area contributed by atoms with Crippen molar-refractivity contribution in [2.75, 3.05) is 5.75 Å². The maximum absolute atomic E-state index is 6.15. The van der Waals surface area contributed by atoms with E-state index in [0.717, 1.165) is 16.5 Å². The van der Waals surface area contributed by atoms with E-state index in [1.807, 2.05) is 36.9 Å². The van der Waals surface area contributed by atoms with Crippen molar-refractivity contribution in [3.63, 3.8) is 0 Å². The van der Waals surface area contributed by atoms with Crippen molar-refractivity contribution in [3.8, 4) is 0 Å². The van der Waals surface area contributed by atoms with Crippen LogP contribution in [0.3, 0.4) is 0 Å². The normalized spacial score (nSPS) is 12.6. The Morgan fingerprint density at radius 1 is 1.35 bits per heavy atom. The predicted octanol–water partition coefficient (Wildman–Crippen LogP) is 2.52. The van der Waals surface area contributed by atoms with Gasteiger partial charge in [0.15, 0.2) is 0 Å². The minimum atomic E-state index is 0.0661. The fourth-order valence-corrected chi connectivity index (χ4v) is 2.72. The van der Waals surface area contributed by atoms with Gasteiger partial charge in [-0.15, -0.1) is 11.8 Å². The lowest BCUT2D eigenvalue weighted by Gasteiger charge is -2.11. The molecule has 0 aliphatic carbocycles. The average Bonchev–Trinajstić information content (AvgIpc) is 2.66. The predicted molar refractivity (Wildman–Crippen MR) is 72.0 cm³/mol. The molecule has 0 saturated heterocycles. The first-order valence-corrected chi connectivity index (χ1v) is 6.59. The second-order valence-corrected chi connectivity index (χ2v) is 5.12. The molecule has 0 spiro atoms. The van der Waals surface area contributed by atoms with Gasteiger partial charge in [0.25, 0.3) is 0 Å². The molecule has 2 N–H and O–H groups in total. The van der Waals surface area contributed by atoms with Crippen LogP contribution < -0.4 is 5.73 Å². The molecule has 4 heteroatoms. The largest absolute Gasteiger partial charge is 0.323 e. The van der Waals surface area contributed by atoms with E-state index in [2.05, 4.69) is 23.3 Å². The molecule has 0 saturated carbocycles. The van der Waals surface area contributed by atoms with E-state index >= 15 is 0 Å². The standard InChI is InChI=1S/C13H17N3S/c1-10-8-13(16(2)15-10)17-9-12(14)11-6-4-3-5-7-11/h3-8,12H,9,14H2,1-2H3. The summed E-state index contributed by atoms with van der Waals surface area (Å²) in [4.78, 5) is 0. The summed E-state index contributed by atoms with van der Waals surface area (Å²) < 4.78 is 1.90. The summed E-state index contributed by atoms with van der Waals surface area (Å²) in [6.07, 6.45) is 0. The topological polar surface area (TPSA) is 43.8 Å². The van der Waals surface area contributed by atoms with E-state index in [1.165, 1.54) is 5.56 Å². The van der Waals surface area contributed by atoms with Gasteiger partial charge in [0.05, 0.1) is 10.7 Å². The van der Waals surface area contributed by atoms with Crippen molar-refractivity contribution in [1.82, 2.24) is 9.78 Å². The average molecular weight is 247 g/mol. The number of hydrogen-bond acceptors (Lipinski definition) is 3. The maximum Gasteiger partial charge on any atom is 0.0939 e. The highest BCUT2D eigenvalue weighted by molar-refractivity contribution is 7.99. The highest BCUT2D eigenvalue weighted by atomic mass is 32.2. The first-order valence-electron chi connectivity index (χ1n) is 5.61. The molecular formula is C13H17N3S. The van der Waals surface area contributed by atoms with Crippen molar-refractivity contribution >= 4 is 11.8 Å². The Bertz CT molecular complexity index is 479. The zero-order valence-corrected chi connectivity index (χ0v) is 10.9. The fraction of sp³-hybridized carbons (Fsp3) is 0.308. The van der Waals surface area contributed by atoms with Crippen LogP contribution in [0.2, 0.25) is 0 Å². The summed E-state index contributed by atoms with van der Waals surface area (Å²) in [5.41, 5.74) is 8.37. The van der Waals surface area contributed by atoms with Gasteiger partial charge < -0.3 is 5.73 Å². The van der Waals surface area contributed by atoms with Gasteiger partial charge in [-0.2, -0.15) is 5.10 Å².